The zero-order chi connectivity index (χ0) is 10.1. The Morgan fingerprint density at radius 1 is 1.57 bits per heavy atom. The third-order valence-electron chi connectivity index (χ3n) is 2.89. The highest BCUT2D eigenvalue weighted by atomic mass is 32.2. The van der Waals surface area contributed by atoms with Gasteiger partial charge in [0.15, 0.2) is 0 Å². The van der Waals surface area contributed by atoms with E-state index in [0.29, 0.717) is 17.7 Å². The van der Waals surface area contributed by atoms with Crippen molar-refractivity contribution in [1.29, 1.82) is 0 Å². The van der Waals surface area contributed by atoms with Gasteiger partial charge in [0.05, 0.1) is 0 Å². The summed E-state index contributed by atoms with van der Waals surface area (Å²) in [6.45, 7) is 2.16. The van der Waals surface area contributed by atoms with Gasteiger partial charge in [-0.25, -0.2) is 0 Å². The molecule has 3 heteroatoms. The highest BCUT2D eigenvalue weighted by molar-refractivity contribution is 7.99. The van der Waals surface area contributed by atoms with E-state index in [0.717, 1.165) is 11.3 Å². The molecule has 1 heterocycles. The van der Waals surface area contributed by atoms with Crippen molar-refractivity contribution in [1.82, 2.24) is 5.32 Å². The summed E-state index contributed by atoms with van der Waals surface area (Å²) < 4.78 is 0. The molecule has 2 N–H and O–H groups in total. The monoisotopic (exact) mass is 209 g/mol. The van der Waals surface area contributed by atoms with Gasteiger partial charge in [0.1, 0.15) is 5.75 Å². The predicted octanol–water partition coefficient (Wildman–Crippen LogP) is 2.19. The van der Waals surface area contributed by atoms with Crippen molar-refractivity contribution in [3.8, 4) is 5.75 Å². The van der Waals surface area contributed by atoms with Crippen LogP contribution in [0.1, 0.15) is 18.4 Å². The average molecular weight is 209 g/mol. The molecule has 2 unspecified atom stereocenters. The van der Waals surface area contributed by atoms with Gasteiger partial charge in [-0.2, -0.15) is 0 Å². The summed E-state index contributed by atoms with van der Waals surface area (Å²) in [5.74, 6) is 1.94. The van der Waals surface area contributed by atoms with Crippen LogP contribution in [0.2, 0.25) is 0 Å². The van der Waals surface area contributed by atoms with Crippen LogP contribution < -0.4 is 5.32 Å². The maximum atomic E-state index is 9.81. The molecule has 76 valence electrons. The molecule has 2 atom stereocenters. The summed E-state index contributed by atoms with van der Waals surface area (Å²) in [4.78, 5) is 1.23. The Labute approximate surface area is 88.7 Å². The average Bonchev–Trinajstić information content (AvgIpc) is 2.62. The molecule has 14 heavy (non-hydrogen) atoms. The first-order chi connectivity index (χ1) is 6.74. The molecule has 1 aliphatic rings. The van der Waals surface area contributed by atoms with Gasteiger partial charge in [-0.05, 0) is 26.1 Å². The van der Waals surface area contributed by atoms with E-state index >= 15 is 0 Å². The second kappa shape index (κ2) is 3.83. The molecule has 2 rings (SSSR count). The first kappa shape index (κ1) is 9.87. The van der Waals surface area contributed by atoms with Crippen LogP contribution in [0, 0.1) is 0 Å². The maximum absolute atomic E-state index is 9.81. The molecule has 0 saturated carbocycles. The van der Waals surface area contributed by atoms with Crippen molar-refractivity contribution in [2.24, 2.45) is 0 Å². The van der Waals surface area contributed by atoms with Crippen molar-refractivity contribution in [2.75, 3.05) is 12.8 Å². The van der Waals surface area contributed by atoms with Crippen LogP contribution in [-0.2, 0) is 0 Å². The number of fused-ring (bicyclic) bond motifs is 1. The van der Waals surface area contributed by atoms with Crippen LogP contribution in [0.15, 0.2) is 23.1 Å². The van der Waals surface area contributed by atoms with E-state index < -0.39 is 0 Å². The minimum atomic E-state index is 0.414. The SMILES string of the molecule is CNC(C)C1CSc2cccc(O)c21. The van der Waals surface area contributed by atoms with Crippen molar-refractivity contribution >= 4 is 11.8 Å². The number of nitrogens with one attached hydrogen (secondary N) is 1. The number of phenolic OH excluding ortho intramolecular Hbond substituents is 1. The fraction of sp³-hybridized carbons (Fsp3) is 0.455. The molecule has 0 radical (unpaired) electrons. The first-order valence-corrected chi connectivity index (χ1v) is 5.84. The quantitative estimate of drug-likeness (QED) is 0.783. The van der Waals surface area contributed by atoms with Crippen LogP contribution in [0.4, 0.5) is 0 Å². The molecule has 0 saturated heterocycles. The summed E-state index contributed by atoms with van der Waals surface area (Å²) in [5.41, 5.74) is 1.12. The van der Waals surface area contributed by atoms with Gasteiger partial charge in [-0.1, -0.05) is 6.07 Å². The highest BCUT2D eigenvalue weighted by Crippen LogP contribution is 2.45. The van der Waals surface area contributed by atoms with Crippen LogP contribution in [0.3, 0.4) is 0 Å². The maximum Gasteiger partial charge on any atom is 0.120 e. The molecule has 2 nitrogen and oxygen atoms in total. The Balaban J connectivity index is 2.38. The van der Waals surface area contributed by atoms with Gasteiger partial charge in [0, 0.05) is 28.2 Å². The third-order valence-corrected chi connectivity index (χ3v) is 4.08. The Morgan fingerprint density at radius 3 is 3.07 bits per heavy atom. The fourth-order valence-electron chi connectivity index (χ4n) is 1.89. The van der Waals surface area contributed by atoms with Crippen molar-refractivity contribution in [2.45, 2.75) is 23.8 Å². The molecule has 0 fully saturated rings. The molecule has 1 aliphatic heterocycles. The molecule has 1 aromatic carbocycles. The number of thioether (sulfide) groups is 1. The van der Waals surface area contributed by atoms with E-state index in [2.05, 4.69) is 18.3 Å². The van der Waals surface area contributed by atoms with Gasteiger partial charge >= 0.3 is 0 Å². The van der Waals surface area contributed by atoms with Crippen molar-refractivity contribution in [3.05, 3.63) is 23.8 Å². The van der Waals surface area contributed by atoms with E-state index in [4.69, 9.17) is 0 Å². The number of hydrogen-bond acceptors (Lipinski definition) is 3. The van der Waals surface area contributed by atoms with Gasteiger partial charge < -0.3 is 10.4 Å². The topological polar surface area (TPSA) is 32.3 Å². The molecule has 1 aromatic rings. The molecule has 0 amide bonds. The van der Waals surface area contributed by atoms with E-state index in [1.54, 1.807) is 6.07 Å². The standard InChI is InChI=1S/C11H15NOS/c1-7(12-2)8-6-14-10-5-3-4-9(13)11(8)10/h3-5,7-8,12-13H,6H2,1-2H3. The summed E-state index contributed by atoms with van der Waals surface area (Å²) in [6.07, 6.45) is 0. The Hall–Kier alpha value is -0.670. The lowest BCUT2D eigenvalue weighted by Crippen LogP contribution is -2.28. The highest BCUT2D eigenvalue weighted by Gasteiger charge is 2.29. The zero-order valence-corrected chi connectivity index (χ0v) is 9.27. The summed E-state index contributed by atoms with van der Waals surface area (Å²) in [6, 6.07) is 6.19. The summed E-state index contributed by atoms with van der Waals surface area (Å²) >= 11 is 1.83. The van der Waals surface area contributed by atoms with Gasteiger partial charge in [-0.3, -0.25) is 0 Å². The Bertz CT molecular complexity index is 340. The Kier molecular flexibility index (Phi) is 2.70. The van der Waals surface area contributed by atoms with Gasteiger partial charge in [0.25, 0.3) is 0 Å². The number of hydrogen-bond donors (Lipinski definition) is 2. The number of aromatic hydroxyl groups is 1. The van der Waals surface area contributed by atoms with Crippen LogP contribution in [-0.4, -0.2) is 23.9 Å². The van der Waals surface area contributed by atoms with Crippen LogP contribution >= 0.6 is 11.8 Å². The van der Waals surface area contributed by atoms with Crippen LogP contribution in [0.25, 0.3) is 0 Å². The molecule has 0 bridgehead atoms. The lowest BCUT2D eigenvalue weighted by Gasteiger charge is -2.19. The smallest absolute Gasteiger partial charge is 0.120 e. The number of benzene rings is 1. The third kappa shape index (κ3) is 1.51. The largest absolute Gasteiger partial charge is 0.508 e. The number of phenols is 1. The van der Waals surface area contributed by atoms with Crippen LogP contribution in [0.5, 0.6) is 5.75 Å². The first-order valence-electron chi connectivity index (χ1n) is 4.86. The van der Waals surface area contributed by atoms with Crippen molar-refractivity contribution < 1.29 is 5.11 Å². The minimum absolute atomic E-state index is 0.414. The zero-order valence-electron chi connectivity index (χ0n) is 8.45. The molecule has 0 aliphatic carbocycles. The predicted molar refractivity (Wildman–Crippen MR) is 60.1 cm³/mol. The lowest BCUT2D eigenvalue weighted by molar-refractivity contribution is 0.447. The normalized spacial score (nSPS) is 22.0. The van der Waals surface area contributed by atoms with Gasteiger partial charge in [0.2, 0.25) is 0 Å². The fourth-order valence-corrected chi connectivity index (χ4v) is 3.29. The van der Waals surface area contributed by atoms with E-state index in [-0.39, 0.29) is 0 Å². The summed E-state index contributed by atoms with van der Waals surface area (Å²) in [7, 11) is 1.97. The van der Waals surface area contributed by atoms with Gasteiger partial charge in [-0.15, -0.1) is 11.8 Å². The minimum Gasteiger partial charge on any atom is -0.508 e. The molecular weight excluding hydrogens is 194 g/mol. The molecular formula is C11H15NOS. The molecule has 0 aromatic heterocycles. The van der Waals surface area contributed by atoms with E-state index in [1.807, 2.05) is 24.9 Å². The molecule has 0 spiro atoms. The summed E-state index contributed by atoms with van der Waals surface area (Å²) in [5, 5.41) is 13.1. The second-order valence-corrected chi connectivity index (χ2v) is 4.75. The number of rotatable bonds is 2. The van der Waals surface area contributed by atoms with E-state index in [1.165, 1.54) is 4.90 Å². The number of likely N-dealkylation sites (N-methyl/N-ethyl adjacent to an activating group) is 1. The van der Waals surface area contributed by atoms with E-state index in [9.17, 15) is 5.11 Å². The van der Waals surface area contributed by atoms with Crippen molar-refractivity contribution in [3.63, 3.8) is 0 Å². The lowest BCUT2D eigenvalue weighted by atomic mass is 9.94. The second-order valence-electron chi connectivity index (χ2n) is 3.68. The Morgan fingerprint density at radius 2 is 2.36 bits per heavy atom.